The van der Waals surface area contributed by atoms with Gasteiger partial charge in [-0.2, -0.15) is 5.10 Å². The van der Waals surface area contributed by atoms with Crippen molar-refractivity contribution < 1.29 is 9.47 Å². The quantitative estimate of drug-likeness (QED) is 0.310. The molecule has 0 bridgehead atoms. The molecule has 0 unspecified atom stereocenters. The molecule has 0 atom stereocenters. The number of anilines is 1. The number of hydrogen-bond acceptors (Lipinski definition) is 6. The number of hydrogen-bond donors (Lipinski definition) is 1. The lowest BCUT2D eigenvalue weighted by Crippen LogP contribution is -2.08. The van der Waals surface area contributed by atoms with Crippen LogP contribution in [0.2, 0.25) is 5.02 Å². The number of halogens is 1. The van der Waals surface area contributed by atoms with Gasteiger partial charge in [0.15, 0.2) is 11.5 Å². The summed E-state index contributed by atoms with van der Waals surface area (Å²) in [7, 11) is 0. The van der Waals surface area contributed by atoms with Crippen LogP contribution in [0.15, 0.2) is 40.8 Å². The van der Waals surface area contributed by atoms with Crippen molar-refractivity contribution in [3.63, 3.8) is 0 Å². The Bertz CT molecular complexity index is 1050. The zero-order valence-electron chi connectivity index (χ0n) is 17.8. The van der Waals surface area contributed by atoms with Gasteiger partial charge in [0, 0.05) is 10.9 Å². The molecule has 30 heavy (non-hydrogen) atoms. The highest BCUT2D eigenvalue weighted by Gasteiger charge is 2.13. The van der Waals surface area contributed by atoms with Crippen LogP contribution in [0.1, 0.15) is 37.5 Å². The van der Waals surface area contributed by atoms with E-state index in [1.54, 1.807) is 12.3 Å². The first-order chi connectivity index (χ1) is 14.4. The fraction of sp³-hybridized carbons (Fsp3) is 0.304. The van der Waals surface area contributed by atoms with E-state index in [-0.39, 0.29) is 6.10 Å². The first-order valence-corrected chi connectivity index (χ1v) is 11.1. The number of rotatable bonds is 8. The van der Waals surface area contributed by atoms with Crippen LogP contribution in [-0.2, 0) is 0 Å². The number of aryl methyl sites for hydroxylation is 2. The van der Waals surface area contributed by atoms with Crippen molar-refractivity contribution in [3.05, 3.63) is 57.4 Å². The van der Waals surface area contributed by atoms with Crippen molar-refractivity contribution in [2.24, 2.45) is 5.10 Å². The van der Waals surface area contributed by atoms with Crippen LogP contribution in [-0.4, -0.2) is 23.9 Å². The molecule has 0 aliphatic heterocycles. The molecule has 0 aliphatic carbocycles. The second-order valence-corrected chi connectivity index (χ2v) is 8.40. The Labute approximate surface area is 186 Å². The minimum atomic E-state index is -0.000643. The van der Waals surface area contributed by atoms with E-state index in [0.29, 0.717) is 23.1 Å². The third kappa shape index (κ3) is 5.52. The van der Waals surface area contributed by atoms with Gasteiger partial charge in [0.2, 0.25) is 5.13 Å². The van der Waals surface area contributed by atoms with Crippen LogP contribution < -0.4 is 14.9 Å². The maximum Gasteiger partial charge on any atom is 0.203 e. The SMILES string of the molecule is CCOc1cc(/C=N\Nc2nc(-c3ccc(C)c(C)c3)cs2)cc(Cl)c1OC(C)C. The van der Waals surface area contributed by atoms with Gasteiger partial charge in [-0.3, -0.25) is 5.43 Å². The molecule has 0 saturated heterocycles. The number of aromatic nitrogens is 1. The third-order valence-corrected chi connectivity index (χ3v) is 5.39. The molecular formula is C23H26ClN3O2S. The van der Waals surface area contributed by atoms with Gasteiger partial charge in [-0.25, -0.2) is 4.98 Å². The Morgan fingerprint density at radius 1 is 1.20 bits per heavy atom. The normalized spacial score (nSPS) is 11.3. The van der Waals surface area contributed by atoms with Gasteiger partial charge in [0.05, 0.1) is 29.6 Å². The zero-order chi connectivity index (χ0) is 21.7. The van der Waals surface area contributed by atoms with E-state index >= 15 is 0 Å². The molecule has 0 amide bonds. The summed E-state index contributed by atoms with van der Waals surface area (Å²) in [6, 6.07) is 10.0. The van der Waals surface area contributed by atoms with Crippen LogP contribution in [0.3, 0.4) is 0 Å². The molecule has 3 aromatic rings. The number of benzene rings is 2. The lowest BCUT2D eigenvalue weighted by molar-refractivity contribution is 0.224. The summed E-state index contributed by atoms with van der Waals surface area (Å²) < 4.78 is 11.5. The molecule has 1 heterocycles. The fourth-order valence-corrected chi connectivity index (χ4v) is 3.73. The van der Waals surface area contributed by atoms with Crippen LogP contribution >= 0.6 is 22.9 Å². The first kappa shape index (κ1) is 22.1. The van der Waals surface area contributed by atoms with E-state index in [9.17, 15) is 0 Å². The predicted octanol–water partition coefficient (Wildman–Crippen LogP) is 6.71. The zero-order valence-corrected chi connectivity index (χ0v) is 19.4. The maximum absolute atomic E-state index is 6.41. The average molecular weight is 444 g/mol. The highest BCUT2D eigenvalue weighted by molar-refractivity contribution is 7.14. The minimum Gasteiger partial charge on any atom is -0.490 e. The Kier molecular flexibility index (Phi) is 7.34. The largest absolute Gasteiger partial charge is 0.490 e. The molecule has 0 radical (unpaired) electrons. The summed E-state index contributed by atoms with van der Waals surface area (Å²) in [5.41, 5.74) is 8.34. The third-order valence-electron chi connectivity index (χ3n) is 4.37. The number of nitrogens with one attached hydrogen (secondary N) is 1. The fourth-order valence-electron chi connectivity index (χ4n) is 2.80. The van der Waals surface area contributed by atoms with Gasteiger partial charge in [-0.15, -0.1) is 11.3 Å². The molecule has 7 heteroatoms. The molecule has 0 saturated carbocycles. The van der Waals surface area contributed by atoms with Gasteiger partial charge in [-0.05, 0) is 69.5 Å². The van der Waals surface area contributed by atoms with Crippen molar-refractivity contribution in [1.29, 1.82) is 0 Å². The van der Waals surface area contributed by atoms with Gasteiger partial charge in [-0.1, -0.05) is 23.7 Å². The molecule has 5 nitrogen and oxygen atoms in total. The molecule has 0 aliphatic rings. The first-order valence-electron chi connectivity index (χ1n) is 9.82. The Hall–Kier alpha value is -2.57. The van der Waals surface area contributed by atoms with Gasteiger partial charge >= 0.3 is 0 Å². The number of thiazole rings is 1. The lowest BCUT2D eigenvalue weighted by Gasteiger charge is -2.16. The summed E-state index contributed by atoms with van der Waals surface area (Å²) in [5.74, 6) is 1.16. The predicted molar refractivity (Wildman–Crippen MR) is 127 cm³/mol. The van der Waals surface area contributed by atoms with Crippen molar-refractivity contribution in [2.75, 3.05) is 12.0 Å². The highest BCUT2D eigenvalue weighted by Crippen LogP contribution is 2.37. The van der Waals surface area contributed by atoms with Crippen molar-refractivity contribution >= 4 is 34.3 Å². The number of ether oxygens (including phenoxy) is 2. The topological polar surface area (TPSA) is 55.7 Å². The molecule has 3 rings (SSSR count). The van der Waals surface area contributed by atoms with E-state index in [0.717, 1.165) is 22.0 Å². The molecule has 1 N–H and O–H groups in total. The molecule has 0 spiro atoms. The van der Waals surface area contributed by atoms with E-state index < -0.39 is 0 Å². The lowest BCUT2D eigenvalue weighted by atomic mass is 10.1. The van der Waals surface area contributed by atoms with Crippen LogP contribution in [0, 0.1) is 13.8 Å². The molecule has 2 aromatic carbocycles. The van der Waals surface area contributed by atoms with E-state index in [1.807, 2.05) is 32.2 Å². The number of nitrogens with zero attached hydrogens (tertiary/aromatic N) is 2. The van der Waals surface area contributed by atoms with Gasteiger partial charge in [0.25, 0.3) is 0 Å². The van der Waals surface area contributed by atoms with E-state index in [2.05, 4.69) is 47.6 Å². The molecule has 158 valence electrons. The second kappa shape index (κ2) is 9.96. The average Bonchev–Trinajstić information content (AvgIpc) is 3.16. The summed E-state index contributed by atoms with van der Waals surface area (Å²) in [6.45, 7) is 10.5. The van der Waals surface area contributed by atoms with E-state index in [1.165, 1.54) is 22.5 Å². The minimum absolute atomic E-state index is 0.000643. The monoisotopic (exact) mass is 443 g/mol. The summed E-state index contributed by atoms with van der Waals surface area (Å²) in [4.78, 5) is 4.62. The van der Waals surface area contributed by atoms with E-state index in [4.69, 9.17) is 21.1 Å². The van der Waals surface area contributed by atoms with Crippen molar-refractivity contribution in [2.45, 2.75) is 40.7 Å². The van der Waals surface area contributed by atoms with Gasteiger partial charge in [0.1, 0.15) is 0 Å². The summed E-state index contributed by atoms with van der Waals surface area (Å²) in [5, 5.41) is 7.53. The molecule has 0 fully saturated rings. The maximum atomic E-state index is 6.41. The Morgan fingerprint density at radius 2 is 2.00 bits per heavy atom. The number of hydrazone groups is 1. The van der Waals surface area contributed by atoms with Crippen molar-refractivity contribution in [3.8, 4) is 22.8 Å². The standard InChI is InChI=1S/C23H26ClN3O2S/c1-6-28-21-11-17(10-19(24)22(21)29-14(2)3)12-25-27-23-26-20(13-30-23)18-8-7-15(4)16(5)9-18/h7-14H,6H2,1-5H3,(H,26,27)/b25-12-. The second-order valence-electron chi connectivity index (χ2n) is 7.14. The summed E-state index contributed by atoms with van der Waals surface area (Å²) >= 11 is 7.91. The van der Waals surface area contributed by atoms with Crippen LogP contribution in [0.4, 0.5) is 5.13 Å². The molecule has 1 aromatic heterocycles. The Balaban J connectivity index is 1.73. The highest BCUT2D eigenvalue weighted by atomic mass is 35.5. The molecular weight excluding hydrogens is 418 g/mol. The van der Waals surface area contributed by atoms with Crippen LogP contribution in [0.5, 0.6) is 11.5 Å². The summed E-state index contributed by atoms with van der Waals surface area (Å²) in [6.07, 6.45) is 1.68. The van der Waals surface area contributed by atoms with Gasteiger partial charge < -0.3 is 9.47 Å². The van der Waals surface area contributed by atoms with Crippen molar-refractivity contribution in [1.82, 2.24) is 4.98 Å². The smallest absolute Gasteiger partial charge is 0.203 e. The van der Waals surface area contributed by atoms with Crippen LogP contribution in [0.25, 0.3) is 11.3 Å². The Morgan fingerprint density at radius 3 is 2.70 bits per heavy atom.